The summed E-state index contributed by atoms with van der Waals surface area (Å²) in [6, 6.07) is 49.2. The quantitative estimate of drug-likeness (QED) is 0.174. The average Bonchev–Trinajstić information content (AvgIpc) is 3.87. The molecule has 4 aliphatic carbocycles. The standard InChI is InChI=1S/C59H49N3/c1-4-19-40(20-5-1)53-38-43(39-54(60-53)41-21-6-2-7-22-41)46-26-11-10-25-45(46)42-35-36-58-52(37-42)49-29-14-17-34-57(49)62(58)56-33-16-13-28-48(56)51-31-18-30-50-47-27-12-15-32-55(47)61(59(50)51)44-23-8-3-9-24-44/h1,3-6,8-13,15-28,31-36,38-39,42,50,53,60H,2,7,14,29-30,37H2. The van der Waals surface area contributed by atoms with Crippen molar-refractivity contribution in [3.8, 4) is 5.69 Å². The van der Waals surface area contributed by atoms with Gasteiger partial charge in [-0.05, 0) is 132 Å². The summed E-state index contributed by atoms with van der Waals surface area (Å²) in [6.45, 7) is 0. The predicted octanol–water partition coefficient (Wildman–Crippen LogP) is 14.3. The summed E-state index contributed by atoms with van der Waals surface area (Å²) in [4.78, 5) is 2.53. The van der Waals surface area contributed by atoms with Crippen LogP contribution in [0.4, 0.5) is 11.4 Å². The van der Waals surface area contributed by atoms with Gasteiger partial charge >= 0.3 is 0 Å². The molecule has 6 aromatic rings. The highest BCUT2D eigenvalue weighted by Gasteiger charge is 2.38. The molecule has 0 radical (unpaired) electrons. The number of benzene rings is 5. The van der Waals surface area contributed by atoms with E-state index in [0.717, 1.165) is 38.5 Å². The zero-order valence-corrected chi connectivity index (χ0v) is 34.9. The molecule has 3 nitrogen and oxygen atoms in total. The summed E-state index contributed by atoms with van der Waals surface area (Å²) in [5.74, 6) is 0.548. The van der Waals surface area contributed by atoms with Gasteiger partial charge in [-0.15, -0.1) is 0 Å². The Balaban J connectivity index is 0.968. The molecule has 0 saturated heterocycles. The van der Waals surface area contributed by atoms with Gasteiger partial charge in [-0.3, -0.25) is 0 Å². The Kier molecular flexibility index (Phi) is 9.13. The summed E-state index contributed by atoms with van der Waals surface area (Å²) in [5, 5.41) is 3.89. The molecule has 5 aromatic carbocycles. The van der Waals surface area contributed by atoms with Crippen molar-refractivity contribution in [1.82, 2.24) is 9.88 Å². The highest BCUT2D eigenvalue weighted by molar-refractivity contribution is 5.93. The van der Waals surface area contributed by atoms with Crippen LogP contribution in [0.25, 0.3) is 29.0 Å². The van der Waals surface area contributed by atoms with Crippen molar-refractivity contribution in [2.24, 2.45) is 0 Å². The second-order valence-electron chi connectivity index (χ2n) is 17.3. The second kappa shape index (κ2) is 15.4. The molecule has 0 saturated carbocycles. The molecule has 0 bridgehead atoms. The molecule has 3 heterocycles. The second-order valence-corrected chi connectivity index (χ2v) is 17.3. The third-order valence-electron chi connectivity index (χ3n) is 13.8. The molecule has 1 N–H and O–H groups in total. The molecule has 300 valence electrons. The minimum absolute atomic E-state index is 0.0837. The van der Waals surface area contributed by atoms with E-state index in [0.29, 0.717) is 5.92 Å². The number of nitrogens with zero attached hydrogens (tertiary/aromatic N) is 2. The zero-order valence-electron chi connectivity index (χ0n) is 34.9. The van der Waals surface area contributed by atoms with E-state index in [1.165, 1.54) is 95.5 Å². The first-order valence-electron chi connectivity index (χ1n) is 22.6. The maximum atomic E-state index is 3.89. The summed E-state index contributed by atoms with van der Waals surface area (Å²) < 4.78 is 2.59. The van der Waals surface area contributed by atoms with E-state index >= 15 is 0 Å². The average molecular weight is 800 g/mol. The number of anilines is 2. The Bertz CT molecular complexity index is 3000. The summed E-state index contributed by atoms with van der Waals surface area (Å²) in [7, 11) is 0. The van der Waals surface area contributed by atoms with Crippen LogP contribution in [0.15, 0.2) is 205 Å². The van der Waals surface area contributed by atoms with E-state index in [4.69, 9.17) is 0 Å². The van der Waals surface area contributed by atoms with Gasteiger partial charge in [0.25, 0.3) is 0 Å². The SMILES string of the molecule is C1=CC(C2=CC(c3ccccc3C3C=Cc4c(c5c(n4-c4ccccc4C4=C6C(CC=C4)c4ccccc4N6c4ccccc4)C=CCC5)C3)=CC(c3ccccc3)N2)=CCC1. The smallest absolute Gasteiger partial charge is 0.0707 e. The monoisotopic (exact) mass is 799 g/mol. The topological polar surface area (TPSA) is 20.2 Å². The van der Waals surface area contributed by atoms with Gasteiger partial charge in [0, 0.05) is 57.1 Å². The Hall–Kier alpha value is -7.10. The van der Waals surface area contributed by atoms with Crippen LogP contribution in [-0.4, -0.2) is 4.57 Å². The first-order valence-corrected chi connectivity index (χ1v) is 22.6. The van der Waals surface area contributed by atoms with Crippen molar-refractivity contribution in [1.29, 1.82) is 0 Å². The van der Waals surface area contributed by atoms with Crippen LogP contribution >= 0.6 is 0 Å². The molecular weight excluding hydrogens is 751 g/mol. The molecule has 1 aromatic heterocycles. The van der Waals surface area contributed by atoms with Crippen molar-refractivity contribution in [3.63, 3.8) is 0 Å². The van der Waals surface area contributed by atoms with Crippen molar-refractivity contribution < 1.29 is 0 Å². The Morgan fingerprint density at radius 2 is 1.29 bits per heavy atom. The van der Waals surface area contributed by atoms with E-state index in [-0.39, 0.29) is 12.0 Å². The molecule has 0 fully saturated rings. The number of nitrogens with one attached hydrogen (secondary N) is 1. The Morgan fingerprint density at radius 3 is 2.13 bits per heavy atom. The normalized spacial score (nSPS) is 20.7. The lowest BCUT2D eigenvalue weighted by molar-refractivity contribution is 0.714. The van der Waals surface area contributed by atoms with Gasteiger partial charge < -0.3 is 14.8 Å². The van der Waals surface area contributed by atoms with Gasteiger partial charge in [-0.2, -0.15) is 0 Å². The minimum Gasteiger partial charge on any atom is -0.374 e. The van der Waals surface area contributed by atoms with E-state index in [9.17, 15) is 0 Å². The number of hydrogen-bond donors (Lipinski definition) is 1. The fraction of sp³-hybridized carbons (Fsp3) is 0.153. The molecule has 0 amide bonds. The van der Waals surface area contributed by atoms with E-state index in [1.807, 2.05) is 0 Å². The predicted molar refractivity (Wildman–Crippen MR) is 258 cm³/mol. The van der Waals surface area contributed by atoms with Crippen LogP contribution in [0.1, 0.15) is 93.9 Å². The third kappa shape index (κ3) is 6.18. The maximum Gasteiger partial charge on any atom is 0.0707 e. The molecular formula is C59H49N3. The number of dihydropyridines is 1. The summed E-state index contributed by atoms with van der Waals surface area (Å²) >= 11 is 0. The van der Waals surface area contributed by atoms with Crippen LogP contribution in [-0.2, 0) is 12.8 Å². The number of allylic oxidation sites excluding steroid dienone is 11. The van der Waals surface area contributed by atoms with Crippen LogP contribution < -0.4 is 10.2 Å². The highest BCUT2D eigenvalue weighted by Crippen LogP contribution is 2.54. The van der Waals surface area contributed by atoms with Crippen molar-refractivity contribution in [2.75, 3.05) is 4.90 Å². The van der Waals surface area contributed by atoms with Crippen LogP contribution in [0.5, 0.6) is 0 Å². The largest absolute Gasteiger partial charge is 0.374 e. The number of rotatable bonds is 7. The van der Waals surface area contributed by atoms with Crippen LogP contribution in [0.2, 0.25) is 0 Å². The number of hydrogen-bond acceptors (Lipinski definition) is 2. The lowest BCUT2D eigenvalue weighted by Gasteiger charge is -2.29. The van der Waals surface area contributed by atoms with Crippen LogP contribution in [0.3, 0.4) is 0 Å². The summed E-state index contributed by atoms with van der Waals surface area (Å²) in [6.07, 6.45) is 32.6. The molecule has 3 atom stereocenters. The van der Waals surface area contributed by atoms with Gasteiger partial charge in [-0.1, -0.05) is 152 Å². The molecule has 0 spiro atoms. The van der Waals surface area contributed by atoms with Gasteiger partial charge in [-0.25, -0.2) is 0 Å². The zero-order chi connectivity index (χ0) is 41.0. The lowest BCUT2D eigenvalue weighted by atomic mass is 9.80. The van der Waals surface area contributed by atoms with Gasteiger partial charge in [0.15, 0.2) is 0 Å². The first-order chi connectivity index (χ1) is 30.8. The fourth-order valence-electron chi connectivity index (χ4n) is 11.0. The van der Waals surface area contributed by atoms with Crippen molar-refractivity contribution in [3.05, 3.63) is 255 Å². The highest BCUT2D eigenvalue weighted by atomic mass is 15.2. The van der Waals surface area contributed by atoms with Gasteiger partial charge in [0.2, 0.25) is 0 Å². The molecule has 2 aliphatic heterocycles. The van der Waals surface area contributed by atoms with E-state index < -0.39 is 0 Å². The van der Waals surface area contributed by atoms with Crippen molar-refractivity contribution in [2.45, 2.75) is 56.4 Å². The van der Waals surface area contributed by atoms with Gasteiger partial charge in [0.1, 0.15) is 0 Å². The van der Waals surface area contributed by atoms with Crippen LogP contribution in [0, 0.1) is 0 Å². The van der Waals surface area contributed by atoms with Gasteiger partial charge in [0.05, 0.1) is 11.7 Å². The number of para-hydroxylation sites is 3. The number of aromatic nitrogens is 1. The fourth-order valence-corrected chi connectivity index (χ4v) is 11.0. The third-order valence-corrected chi connectivity index (χ3v) is 13.8. The lowest BCUT2D eigenvalue weighted by Crippen LogP contribution is -2.24. The molecule has 3 heteroatoms. The number of fused-ring (bicyclic) bond motifs is 6. The minimum atomic E-state index is 0.0837. The Morgan fingerprint density at radius 1 is 0.565 bits per heavy atom. The van der Waals surface area contributed by atoms with Crippen molar-refractivity contribution >= 4 is 34.7 Å². The first kappa shape index (κ1) is 36.7. The maximum absolute atomic E-state index is 3.89. The van der Waals surface area contributed by atoms with E-state index in [2.05, 4.69) is 215 Å². The molecule has 3 unspecified atom stereocenters. The molecule has 62 heavy (non-hydrogen) atoms. The Labute approximate surface area is 365 Å². The molecule has 12 rings (SSSR count). The van der Waals surface area contributed by atoms with E-state index in [1.54, 1.807) is 0 Å². The summed E-state index contributed by atoms with van der Waals surface area (Å²) in [5.41, 5.74) is 22.5. The molecule has 6 aliphatic rings.